The van der Waals surface area contributed by atoms with E-state index in [9.17, 15) is 22.0 Å². The molecule has 2 aromatic rings. The molecule has 0 radical (unpaired) electrons. The van der Waals surface area contributed by atoms with E-state index < -0.39 is 30.3 Å². The van der Waals surface area contributed by atoms with Gasteiger partial charge in [0.25, 0.3) is 0 Å². The van der Waals surface area contributed by atoms with Gasteiger partial charge in [0, 0.05) is 6.42 Å². The Labute approximate surface area is 97.3 Å². The maximum atomic E-state index is 13.2. The number of alkyl halides is 3. The third-order valence-corrected chi connectivity index (χ3v) is 2.36. The molecule has 0 saturated carbocycles. The number of rotatable bonds is 2. The third kappa shape index (κ3) is 2.28. The van der Waals surface area contributed by atoms with Crippen LogP contribution in [0.5, 0.6) is 0 Å². The molecule has 0 spiro atoms. The molecule has 0 aliphatic carbocycles. The zero-order valence-electron chi connectivity index (χ0n) is 8.72. The summed E-state index contributed by atoms with van der Waals surface area (Å²) in [6.07, 6.45) is -8.24. The SMILES string of the molecule is OC(Cc1nc2c(F)c(F)ccc2[nH]1)C(F)(F)F. The summed E-state index contributed by atoms with van der Waals surface area (Å²) in [7, 11) is 0. The maximum absolute atomic E-state index is 13.2. The number of aliphatic hydroxyl groups is 1. The number of H-pyrrole nitrogens is 1. The summed E-state index contributed by atoms with van der Waals surface area (Å²) < 4.78 is 62.4. The molecule has 98 valence electrons. The zero-order chi connectivity index (χ0) is 13.5. The van der Waals surface area contributed by atoms with Crippen molar-refractivity contribution in [3.8, 4) is 0 Å². The van der Waals surface area contributed by atoms with Crippen LogP contribution in [0, 0.1) is 11.6 Å². The van der Waals surface area contributed by atoms with Gasteiger partial charge in [0.2, 0.25) is 0 Å². The molecule has 1 heterocycles. The lowest BCUT2D eigenvalue weighted by atomic mass is 10.2. The summed E-state index contributed by atoms with van der Waals surface area (Å²) in [5, 5.41) is 8.84. The van der Waals surface area contributed by atoms with E-state index in [1.54, 1.807) is 0 Å². The smallest absolute Gasteiger partial charge is 0.383 e. The second-order valence-corrected chi connectivity index (χ2v) is 3.70. The van der Waals surface area contributed by atoms with Gasteiger partial charge in [-0.1, -0.05) is 0 Å². The predicted molar refractivity (Wildman–Crippen MR) is 51.8 cm³/mol. The van der Waals surface area contributed by atoms with Crippen LogP contribution in [-0.4, -0.2) is 27.4 Å². The molecule has 0 aliphatic heterocycles. The minimum absolute atomic E-state index is 0.0678. The number of hydrogen-bond acceptors (Lipinski definition) is 2. The van der Waals surface area contributed by atoms with Crippen LogP contribution in [0.2, 0.25) is 0 Å². The monoisotopic (exact) mass is 266 g/mol. The fraction of sp³-hybridized carbons (Fsp3) is 0.300. The first-order valence-electron chi connectivity index (χ1n) is 4.86. The zero-order valence-corrected chi connectivity index (χ0v) is 8.72. The molecular weight excluding hydrogens is 259 g/mol. The van der Waals surface area contributed by atoms with Crippen molar-refractivity contribution in [2.45, 2.75) is 18.7 Å². The summed E-state index contributed by atoms with van der Waals surface area (Å²) >= 11 is 0. The van der Waals surface area contributed by atoms with Crippen molar-refractivity contribution < 1.29 is 27.1 Å². The fourth-order valence-corrected chi connectivity index (χ4v) is 1.46. The van der Waals surface area contributed by atoms with Gasteiger partial charge in [-0.2, -0.15) is 13.2 Å². The van der Waals surface area contributed by atoms with Gasteiger partial charge in [0.1, 0.15) is 11.3 Å². The van der Waals surface area contributed by atoms with Gasteiger partial charge in [-0.05, 0) is 12.1 Å². The first kappa shape index (κ1) is 12.7. The lowest BCUT2D eigenvalue weighted by Gasteiger charge is -2.12. The lowest BCUT2D eigenvalue weighted by molar-refractivity contribution is -0.203. The average Bonchev–Trinajstić information content (AvgIpc) is 2.66. The number of aromatic nitrogens is 2. The Hall–Kier alpha value is -1.70. The Morgan fingerprint density at radius 1 is 1.28 bits per heavy atom. The van der Waals surface area contributed by atoms with Gasteiger partial charge >= 0.3 is 6.18 Å². The van der Waals surface area contributed by atoms with E-state index in [0.717, 1.165) is 12.1 Å². The molecule has 1 atom stereocenters. The molecule has 3 nitrogen and oxygen atoms in total. The van der Waals surface area contributed by atoms with E-state index >= 15 is 0 Å². The quantitative estimate of drug-likeness (QED) is 0.819. The standard InChI is InChI=1S/C10H7F5N2O/c11-4-1-2-5-9(8(4)12)17-7(16-5)3-6(18)10(13,14)15/h1-2,6,18H,3H2,(H,16,17). The van der Waals surface area contributed by atoms with Gasteiger partial charge in [-0.15, -0.1) is 0 Å². The summed E-state index contributed by atoms with van der Waals surface area (Å²) in [4.78, 5) is 5.88. The molecule has 2 rings (SSSR count). The largest absolute Gasteiger partial charge is 0.414 e. The van der Waals surface area contributed by atoms with Crippen LogP contribution >= 0.6 is 0 Å². The molecule has 18 heavy (non-hydrogen) atoms. The molecule has 8 heteroatoms. The minimum atomic E-state index is -4.79. The minimum Gasteiger partial charge on any atom is -0.383 e. The number of benzene rings is 1. The first-order chi connectivity index (χ1) is 8.29. The van der Waals surface area contributed by atoms with Crippen molar-refractivity contribution in [2.75, 3.05) is 0 Å². The highest BCUT2D eigenvalue weighted by molar-refractivity contribution is 5.75. The second kappa shape index (κ2) is 4.20. The molecule has 0 amide bonds. The first-order valence-corrected chi connectivity index (χ1v) is 4.86. The second-order valence-electron chi connectivity index (χ2n) is 3.70. The topological polar surface area (TPSA) is 48.9 Å². The van der Waals surface area contributed by atoms with Crippen molar-refractivity contribution in [3.05, 3.63) is 29.6 Å². The lowest BCUT2D eigenvalue weighted by Crippen LogP contribution is -2.30. The Morgan fingerprint density at radius 2 is 1.94 bits per heavy atom. The van der Waals surface area contributed by atoms with Crippen LogP contribution in [-0.2, 0) is 6.42 Å². The number of hydrogen-bond donors (Lipinski definition) is 2. The number of nitrogens with one attached hydrogen (secondary N) is 1. The van der Waals surface area contributed by atoms with E-state index in [0.29, 0.717) is 0 Å². The van der Waals surface area contributed by atoms with Gasteiger partial charge in [-0.25, -0.2) is 13.8 Å². The Bertz CT molecular complexity index is 577. The molecule has 1 aromatic carbocycles. The van der Waals surface area contributed by atoms with Gasteiger partial charge in [0.15, 0.2) is 17.7 Å². The van der Waals surface area contributed by atoms with Crippen molar-refractivity contribution in [2.24, 2.45) is 0 Å². The number of aromatic amines is 1. The number of imidazole rings is 1. The van der Waals surface area contributed by atoms with Gasteiger partial charge < -0.3 is 10.1 Å². The maximum Gasteiger partial charge on any atom is 0.414 e. The summed E-state index contributed by atoms with van der Waals surface area (Å²) in [6.45, 7) is 0. The van der Waals surface area contributed by atoms with Crippen LogP contribution in [0.3, 0.4) is 0 Å². The average molecular weight is 266 g/mol. The summed E-state index contributed by atoms with van der Waals surface area (Å²) in [5.74, 6) is -2.65. The highest BCUT2D eigenvalue weighted by Crippen LogP contribution is 2.24. The van der Waals surface area contributed by atoms with Crippen LogP contribution in [0.25, 0.3) is 11.0 Å². The van der Waals surface area contributed by atoms with E-state index in [2.05, 4.69) is 9.97 Å². The molecule has 0 fully saturated rings. The van der Waals surface area contributed by atoms with Crippen molar-refractivity contribution in [3.63, 3.8) is 0 Å². The van der Waals surface area contributed by atoms with Crippen LogP contribution in [0.15, 0.2) is 12.1 Å². The molecule has 0 bridgehead atoms. The highest BCUT2D eigenvalue weighted by Gasteiger charge is 2.38. The Balaban J connectivity index is 2.34. The molecule has 1 unspecified atom stereocenters. The fourth-order valence-electron chi connectivity index (χ4n) is 1.46. The van der Waals surface area contributed by atoms with Crippen molar-refractivity contribution in [1.29, 1.82) is 0 Å². The molecular formula is C10H7F5N2O. The van der Waals surface area contributed by atoms with E-state index in [1.165, 1.54) is 0 Å². The van der Waals surface area contributed by atoms with Crippen molar-refractivity contribution in [1.82, 2.24) is 9.97 Å². The van der Waals surface area contributed by atoms with E-state index in [-0.39, 0.29) is 16.9 Å². The molecule has 0 saturated heterocycles. The normalized spacial score (nSPS) is 14.1. The van der Waals surface area contributed by atoms with Crippen LogP contribution < -0.4 is 0 Å². The van der Waals surface area contributed by atoms with E-state index in [1.807, 2.05) is 0 Å². The van der Waals surface area contributed by atoms with E-state index in [4.69, 9.17) is 5.11 Å². The number of fused-ring (bicyclic) bond motifs is 1. The highest BCUT2D eigenvalue weighted by atomic mass is 19.4. The van der Waals surface area contributed by atoms with Crippen LogP contribution in [0.4, 0.5) is 22.0 Å². The number of nitrogens with zero attached hydrogens (tertiary/aromatic N) is 1. The summed E-state index contributed by atoms with van der Waals surface area (Å²) in [6, 6.07) is 1.99. The summed E-state index contributed by atoms with van der Waals surface area (Å²) in [5.41, 5.74) is -0.322. The van der Waals surface area contributed by atoms with Gasteiger partial charge in [-0.3, -0.25) is 0 Å². The van der Waals surface area contributed by atoms with Gasteiger partial charge in [0.05, 0.1) is 5.52 Å². The molecule has 1 aromatic heterocycles. The predicted octanol–water partition coefficient (Wildman–Crippen LogP) is 2.31. The van der Waals surface area contributed by atoms with Crippen molar-refractivity contribution >= 4 is 11.0 Å². The Kier molecular flexibility index (Phi) is 2.97. The molecule has 0 aliphatic rings. The third-order valence-electron chi connectivity index (χ3n) is 2.36. The molecule has 2 N–H and O–H groups in total. The van der Waals surface area contributed by atoms with Crippen LogP contribution in [0.1, 0.15) is 5.82 Å². The Morgan fingerprint density at radius 3 is 2.56 bits per heavy atom. The number of aliphatic hydroxyl groups excluding tert-OH is 1. The number of halogens is 5.